The quantitative estimate of drug-likeness (QED) is 0.855. The van der Waals surface area contributed by atoms with Gasteiger partial charge in [-0.15, -0.1) is 11.3 Å². The Bertz CT molecular complexity index is 771. The number of anilines is 1. The van der Waals surface area contributed by atoms with E-state index in [1.807, 2.05) is 0 Å². The van der Waals surface area contributed by atoms with Gasteiger partial charge in [0.15, 0.2) is 0 Å². The molecule has 0 bridgehead atoms. The van der Waals surface area contributed by atoms with Crippen molar-refractivity contribution in [2.24, 2.45) is 0 Å². The first-order valence-electron chi connectivity index (χ1n) is 8.96. The summed E-state index contributed by atoms with van der Waals surface area (Å²) in [5.74, 6) is -0.857. The van der Waals surface area contributed by atoms with Crippen molar-refractivity contribution in [1.82, 2.24) is 0 Å². The van der Waals surface area contributed by atoms with Crippen molar-refractivity contribution in [2.75, 3.05) is 11.9 Å². The third-order valence-electron chi connectivity index (χ3n) is 5.34. The molecule has 2 atom stereocenters. The zero-order valence-corrected chi connectivity index (χ0v) is 15.9. The molecule has 0 saturated carbocycles. The third kappa shape index (κ3) is 3.93. The maximum atomic E-state index is 13.9. The summed E-state index contributed by atoms with van der Waals surface area (Å²) in [4.78, 5) is 15.3. The standard InChI is InChI=1S/C20H25FN2OS/c1-13-8-6-7-11-23(13)12-17-14(2)15(3)25-20(17)22-19(24)16-9-4-5-10-18(16)21/h4-5,9-10,13H,6-8,11-12H2,1-3H3,(H,22,24)/p+1/t13-/m1/s1. The summed E-state index contributed by atoms with van der Waals surface area (Å²) in [6.45, 7) is 8.60. The van der Waals surface area contributed by atoms with E-state index in [1.54, 1.807) is 28.4 Å². The molecule has 1 aromatic heterocycles. The predicted octanol–water partition coefficient (Wildman–Crippen LogP) is 3.71. The van der Waals surface area contributed by atoms with E-state index in [0.29, 0.717) is 6.04 Å². The second kappa shape index (κ2) is 7.67. The molecular formula is C20H26FN2OS+. The fourth-order valence-corrected chi connectivity index (χ4v) is 4.62. The first kappa shape index (κ1) is 18.1. The Labute approximate surface area is 152 Å². The number of hydrogen-bond acceptors (Lipinski definition) is 2. The number of aryl methyl sites for hydroxylation is 1. The van der Waals surface area contributed by atoms with Crippen LogP contribution in [-0.2, 0) is 6.54 Å². The van der Waals surface area contributed by atoms with E-state index in [9.17, 15) is 9.18 Å². The third-order valence-corrected chi connectivity index (χ3v) is 6.51. The lowest BCUT2D eigenvalue weighted by Crippen LogP contribution is -3.14. The number of carbonyl (C=O) groups is 1. The highest BCUT2D eigenvalue weighted by Gasteiger charge is 2.26. The average molecular weight is 362 g/mol. The van der Waals surface area contributed by atoms with Crippen LogP contribution in [0.5, 0.6) is 0 Å². The molecule has 3 nitrogen and oxygen atoms in total. The molecule has 134 valence electrons. The van der Waals surface area contributed by atoms with Crippen LogP contribution in [0.15, 0.2) is 24.3 Å². The predicted molar refractivity (Wildman–Crippen MR) is 101 cm³/mol. The Kier molecular flexibility index (Phi) is 5.54. The van der Waals surface area contributed by atoms with Crippen LogP contribution >= 0.6 is 11.3 Å². The molecule has 3 rings (SSSR count). The lowest BCUT2D eigenvalue weighted by molar-refractivity contribution is -0.941. The monoisotopic (exact) mass is 361 g/mol. The van der Waals surface area contributed by atoms with Crippen LogP contribution in [0.2, 0.25) is 0 Å². The number of quaternary nitrogens is 1. The SMILES string of the molecule is Cc1sc(NC(=O)c2ccccc2F)c(C[NH+]2CCCC[C@H]2C)c1C. The minimum Gasteiger partial charge on any atom is -0.329 e. The summed E-state index contributed by atoms with van der Waals surface area (Å²) >= 11 is 1.59. The molecule has 2 heterocycles. The van der Waals surface area contributed by atoms with E-state index in [1.165, 1.54) is 53.9 Å². The molecule has 25 heavy (non-hydrogen) atoms. The van der Waals surface area contributed by atoms with Gasteiger partial charge in [0.1, 0.15) is 17.4 Å². The Balaban J connectivity index is 1.83. The fourth-order valence-electron chi connectivity index (χ4n) is 3.55. The highest BCUT2D eigenvalue weighted by Crippen LogP contribution is 2.32. The molecule has 0 aliphatic carbocycles. The maximum absolute atomic E-state index is 13.9. The van der Waals surface area contributed by atoms with Crippen LogP contribution < -0.4 is 10.2 Å². The number of halogens is 1. The van der Waals surface area contributed by atoms with Crippen molar-refractivity contribution in [1.29, 1.82) is 0 Å². The van der Waals surface area contributed by atoms with Crippen molar-refractivity contribution >= 4 is 22.2 Å². The normalized spacial score (nSPS) is 20.5. The van der Waals surface area contributed by atoms with Gasteiger partial charge in [-0.25, -0.2) is 4.39 Å². The van der Waals surface area contributed by atoms with Crippen molar-refractivity contribution < 1.29 is 14.1 Å². The Morgan fingerprint density at radius 1 is 1.32 bits per heavy atom. The van der Waals surface area contributed by atoms with E-state index in [0.717, 1.165) is 11.5 Å². The van der Waals surface area contributed by atoms with Gasteiger partial charge >= 0.3 is 0 Å². The summed E-state index contributed by atoms with van der Waals surface area (Å²) in [6.07, 6.45) is 3.83. The van der Waals surface area contributed by atoms with Gasteiger partial charge < -0.3 is 10.2 Å². The van der Waals surface area contributed by atoms with Crippen molar-refractivity contribution in [3.63, 3.8) is 0 Å². The summed E-state index contributed by atoms with van der Waals surface area (Å²) in [7, 11) is 0. The highest BCUT2D eigenvalue weighted by atomic mass is 32.1. The number of rotatable bonds is 4. The van der Waals surface area contributed by atoms with Crippen LogP contribution in [0.1, 0.15) is 52.5 Å². The van der Waals surface area contributed by atoms with Crippen LogP contribution in [-0.4, -0.2) is 18.5 Å². The molecule has 0 spiro atoms. The van der Waals surface area contributed by atoms with Gasteiger partial charge in [-0.05, 0) is 57.7 Å². The van der Waals surface area contributed by atoms with Gasteiger partial charge in [0, 0.05) is 10.4 Å². The molecule has 1 aromatic carbocycles. The van der Waals surface area contributed by atoms with Gasteiger partial charge in [-0.1, -0.05) is 12.1 Å². The maximum Gasteiger partial charge on any atom is 0.259 e. The number of likely N-dealkylation sites (tertiary alicyclic amines) is 1. The molecule has 1 amide bonds. The summed E-state index contributed by atoms with van der Waals surface area (Å²) in [5.41, 5.74) is 2.55. The first-order valence-corrected chi connectivity index (χ1v) is 9.78. The lowest BCUT2D eigenvalue weighted by Gasteiger charge is -2.30. The van der Waals surface area contributed by atoms with E-state index < -0.39 is 5.82 Å². The number of nitrogens with one attached hydrogen (secondary N) is 2. The number of benzene rings is 1. The van der Waals surface area contributed by atoms with Gasteiger partial charge in [0.25, 0.3) is 5.91 Å². The highest BCUT2D eigenvalue weighted by molar-refractivity contribution is 7.16. The van der Waals surface area contributed by atoms with Crippen LogP contribution in [0.3, 0.4) is 0 Å². The largest absolute Gasteiger partial charge is 0.329 e. The van der Waals surface area contributed by atoms with Gasteiger partial charge in [0.2, 0.25) is 0 Å². The van der Waals surface area contributed by atoms with E-state index in [2.05, 4.69) is 26.1 Å². The van der Waals surface area contributed by atoms with Crippen molar-refractivity contribution in [3.8, 4) is 0 Å². The molecule has 1 fully saturated rings. The van der Waals surface area contributed by atoms with Crippen molar-refractivity contribution in [2.45, 2.75) is 52.6 Å². The Hall–Kier alpha value is -1.72. The minimum absolute atomic E-state index is 0.0934. The number of hydrogen-bond donors (Lipinski definition) is 2. The molecule has 2 aromatic rings. The van der Waals surface area contributed by atoms with E-state index in [-0.39, 0.29) is 11.5 Å². The second-order valence-corrected chi connectivity index (χ2v) is 8.23. The lowest BCUT2D eigenvalue weighted by atomic mass is 10.0. The molecular weight excluding hydrogens is 335 g/mol. The van der Waals surface area contributed by atoms with Crippen LogP contribution in [0.4, 0.5) is 9.39 Å². The number of thiophene rings is 1. The topological polar surface area (TPSA) is 33.5 Å². The molecule has 1 saturated heterocycles. The molecule has 5 heteroatoms. The Morgan fingerprint density at radius 2 is 2.08 bits per heavy atom. The molecule has 1 aliphatic rings. The number of carbonyl (C=O) groups excluding carboxylic acids is 1. The van der Waals surface area contributed by atoms with Crippen molar-refractivity contribution in [3.05, 3.63) is 51.7 Å². The Morgan fingerprint density at radius 3 is 2.80 bits per heavy atom. The van der Waals surface area contributed by atoms with E-state index >= 15 is 0 Å². The molecule has 0 radical (unpaired) electrons. The smallest absolute Gasteiger partial charge is 0.259 e. The summed E-state index contributed by atoms with van der Waals surface area (Å²) in [6, 6.07) is 6.76. The van der Waals surface area contributed by atoms with Crippen LogP contribution in [0.25, 0.3) is 0 Å². The fraction of sp³-hybridized carbons (Fsp3) is 0.450. The van der Waals surface area contributed by atoms with Crippen LogP contribution in [0, 0.1) is 19.7 Å². The van der Waals surface area contributed by atoms with Gasteiger partial charge in [-0.3, -0.25) is 4.79 Å². The van der Waals surface area contributed by atoms with Gasteiger partial charge in [-0.2, -0.15) is 0 Å². The first-order chi connectivity index (χ1) is 12.0. The number of amides is 1. The number of piperidine rings is 1. The second-order valence-electron chi connectivity index (χ2n) is 7.01. The minimum atomic E-state index is -0.484. The van der Waals surface area contributed by atoms with E-state index in [4.69, 9.17) is 0 Å². The zero-order valence-electron chi connectivity index (χ0n) is 15.1. The summed E-state index contributed by atoms with van der Waals surface area (Å²) < 4.78 is 13.9. The molecule has 2 N–H and O–H groups in total. The zero-order chi connectivity index (χ0) is 18.0. The molecule has 1 aliphatic heterocycles. The summed E-state index contributed by atoms with van der Waals surface area (Å²) in [5, 5.41) is 3.83. The average Bonchev–Trinajstić information content (AvgIpc) is 2.84. The van der Waals surface area contributed by atoms with Gasteiger partial charge in [0.05, 0.1) is 18.2 Å². The molecule has 1 unspecified atom stereocenters.